The molecule has 1 atom stereocenters. The monoisotopic (exact) mass is 349 g/mol. The van der Waals surface area contributed by atoms with E-state index in [0.717, 1.165) is 0 Å². The Kier molecular flexibility index (Phi) is 7.64. The first-order chi connectivity index (χ1) is 9.86. The van der Waals surface area contributed by atoms with Crippen molar-refractivity contribution in [2.24, 2.45) is 0 Å². The van der Waals surface area contributed by atoms with Gasteiger partial charge in [0.1, 0.15) is 0 Å². The molecular weight excluding hydrogens is 317 g/mol. The summed E-state index contributed by atoms with van der Waals surface area (Å²) in [7, 11) is 0. The van der Waals surface area contributed by atoms with Crippen LogP contribution in [0.15, 0.2) is 5.38 Å². The van der Waals surface area contributed by atoms with Gasteiger partial charge in [-0.05, 0) is 0 Å². The Morgan fingerprint density at radius 2 is 1.71 bits per heavy atom. The first-order valence-corrected chi connectivity index (χ1v) is 13.4. The van der Waals surface area contributed by atoms with Crippen LogP contribution >= 0.6 is 28.5 Å². The van der Waals surface area contributed by atoms with Crippen molar-refractivity contribution in [3.05, 3.63) is 16.1 Å². The molecule has 1 aromatic heterocycles. The first kappa shape index (κ1) is 19.4. The summed E-state index contributed by atoms with van der Waals surface area (Å²) in [6.07, 6.45) is 9.79. The molecule has 1 rings (SSSR count). The van der Waals surface area contributed by atoms with Crippen LogP contribution in [0.3, 0.4) is 0 Å². The van der Waals surface area contributed by atoms with Crippen LogP contribution in [-0.4, -0.2) is 24.0 Å². The van der Waals surface area contributed by atoms with Gasteiger partial charge in [0.15, 0.2) is 0 Å². The summed E-state index contributed by atoms with van der Waals surface area (Å²) in [5.41, 5.74) is 1.77. The van der Waals surface area contributed by atoms with E-state index in [1.54, 1.807) is 11.3 Å². The van der Waals surface area contributed by atoms with Gasteiger partial charge < -0.3 is 0 Å². The van der Waals surface area contributed by atoms with E-state index in [1.165, 1.54) is 61.6 Å². The molecule has 0 saturated carbocycles. The van der Waals surface area contributed by atoms with Gasteiger partial charge >= 0.3 is 140 Å². The molecule has 0 N–H and O–H groups in total. The van der Waals surface area contributed by atoms with E-state index in [-0.39, 0.29) is 0 Å². The van der Waals surface area contributed by atoms with Gasteiger partial charge in [0, 0.05) is 0 Å². The van der Waals surface area contributed by atoms with E-state index in [1.807, 2.05) is 0 Å². The van der Waals surface area contributed by atoms with Crippen LogP contribution in [0, 0.1) is 6.92 Å². The molecular formula is C17H33ClNPS. The van der Waals surface area contributed by atoms with Gasteiger partial charge in [-0.3, -0.25) is 0 Å². The van der Waals surface area contributed by atoms with Crippen LogP contribution < -0.4 is 0 Å². The number of nitrogens with zero attached hydrogens (tertiary/aromatic N) is 1. The summed E-state index contributed by atoms with van der Waals surface area (Å²) in [5, 5.41) is 3.44. The third kappa shape index (κ3) is 5.19. The topological polar surface area (TPSA) is 12.9 Å². The van der Waals surface area contributed by atoms with Crippen molar-refractivity contribution in [3.8, 4) is 0 Å². The third-order valence-corrected chi connectivity index (χ3v) is 12.4. The maximum atomic E-state index is 7.54. The maximum absolute atomic E-state index is 7.54. The van der Waals surface area contributed by atoms with Crippen LogP contribution in [0.2, 0.25) is 0 Å². The molecule has 1 heterocycles. The summed E-state index contributed by atoms with van der Waals surface area (Å²) in [4.78, 5) is 4.82. The molecule has 0 fully saturated rings. The molecule has 0 saturated heterocycles. The van der Waals surface area contributed by atoms with Crippen molar-refractivity contribution >= 4 is 28.5 Å². The zero-order valence-electron chi connectivity index (χ0n) is 14.5. The Balaban J connectivity index is 3.16. The molecule has 1 unspecified atom stereocenters. The second kappa shape index (κ2) is 8.27. The zero-order valence-corrected chi connectivity index (χ0v) is 17.0. The van der Waals surface area contributed by atoms with E-state index in [4.69, 9.17) is 16.2 Å². The molecule has 0 bridgehead atoms. The molecule has 124 valence electrons. The van der Waals surface area contributed by atoms with E-state index in [9.17, 15) is 0 Å². The van der Waals surface area contributed by atoms with Gasteiger partial charge in [-0.25, -0.2) is 0 Å². The second-order valence-electron chi connectivity index (χ2n) is 6.74. The van der Waals surface area contributed by atoms with Gasteiger partial charge in [-0.2, -0.15) is 0 Å². The number of hydrogen-bond donors (Lipinski definition) is 0. The summed E-state index contributed by atoms with van der Waals surface area (Å²) in [6, 6.07) is 0. The quantitative estimate of drug-likeness (QED) is 0.406. The zero-order chi connectivity index (χ0) is 16.0. The summed E-state index contributed by atoms with van der Waals surface area (Å²) >= 11 is 9.31. The average Bonchev–Trinajstić information content (AvgIpc) is 2.87. The fourth-order valence-electron chi connectivity index (χ4n) is 3.27. The predicted octanol–water partition coefficient (Wildman–Crippen LogP) is 7.23. The molecule has 21 heavy (non-hydrogen) atoms. The molecule has 0 radical (unpaired) electrons. The third-order valence-electron chi connectivity index (χ3n) is 4.62. The van der Waals surface area contributed by atoms with Crippen molar-refractivity contribution in [1.82, 2.24) is 4.98 Å². The summed E-state index contributed by atoms with van der Waals surface area (Å²) in [5.74, 6) is -2.24. The Bertz CT molecular complexity index is 418. The average molecular weight is 350 g/mol. The number of hydrogen-bond acceptors (Lipinski definition) is 2. The normalized spacial score (nSPS) is 15.6. The number of unbranched alkanes of at least 4 members (excludes halogenated alkanes) is 2. The van der Waals surface area contributed by atoms with Crippen molar-refractivity contribution < 1.29 is 0 Å². The van der Waals surface area contributed by atoms with E-state index in [0.29, 0.717) is 5.66 Å². The fraction of sp³-hybridized carbons (Fsp3) is 0.824. The first-order valence-electron chi connectivity index (χ1n) is 8.50. The van der Waals surface area contributed by atoms with Gasteiger partial charge in [0.05, 0.1) is 0 Å². The SMILES string of the molecule is CCCCP(C)(Cl)(CCCC)C(CCC)c1csc(C)n1. The van der Waals surface area contributed by atoms with E-state index in [2.05, 4.69) is 39.7 Å². The van der Waals surface area contributed by atoms with Crippen molar-refractivity contribution in [2.75, 3.05) is 19.0 Å². The van der Waals surface area contributed by atoms with Crippen molar-refractivity contribution in [1.29, 1.82) is 0 Å². The second-order valence-corrected chi connectivity index (χ2v) is 16.3. The molecule has 1 nitrogen and oxygen atoms in total. The standard InChI is InChI=1S/C17H33ClNPS/c1-6-9-12-20(5,18,13-10-7-2)17(11-8-3)16-14-21-15(4)19-16/h14,17H,6-13H2,1-5H3. The number of halogens is 1. The Morgan fingerprint density at radius 1 is 1.14 bits per heavy atom. The number of aryl methyl sites for hydroxylation is 1. The summed E-state index contributed by atoms with van der Waals surface area (Å²) in [6.45, 7) is 11.4. The van der Waals surface area contributed by atoms with Crippen molar-refractivity contribution in [2.45, 2.75) is 71.9 Å². The van der Waals surface area contributed by atoms with Gasteiger partial charge in [0.25, 0.3) is 0 Å². The van der Waals surface area contributed by atoms with E-state index < -0.39 is 5.96 Å². The van der Waals surface area contributed by atoms with Crippen LogP contribution in [-0.2, 0) is 0 Å². The van der Waals surface area contributed by atoms with Gasteiger partial charge in [0.2, 0.25) is 0 Å². The van der Waals surface area contributed by atoms with Crippen LogP contribution in [0.25, 0.3) is 0 Å². The van der Waals surface area contributed by atoms with Crippen molar-refractivity contribution in [3.63, 3.8) is 0 Å². The number of rotatable bonds is 10. The van der Waals surface area contributed by atoms with Crippen LogP contribution in [0.5, 0.6) is 0 Å². The minimum absolute atomic E-state index is 0.491. The Morgan fingerprint density at radius 3 is 2.10 bits per heavy atom. The van der Waals surface area contributed by atoms with Crippen LogP contribution in [0.4, 0.5) is 0 Å². The molecule has 0 aliphatic carbocycles. The van der Waals surface area contributed by atoms with Crippen LogP contribution in [0.1, 0.15) is 75.7 Å². The predicted molar refractivity (Wildman–Crippen MR) is 103 cm³/mol. The molecule has 1 aromatic rings. The number of aromatic nitrogens is 1. The molecule has 4 heteroatoms. The Hall–Kier alpha value is 0.350. The molecule has 0 amide bonds. The molecule has 0 aromatic carbocycles. The summed E-state index contributed by atoms with van der Waals surface area (Å²) < 4.78 is 0. The number of thiazole rings is 1. The van der Waals surface area contributed by atoms with Gasteiger partial charge in [-0.1, -0.05) is 0 Å². The Labute approximate surface area is 140 Å². The molecule has 0 aliphatic rings. The fourth-order valence-corrected chi connectivity index (χ4v) is 10.4. The molecule has 0 aliphatic heterocycles. The van der Waals surface area contributed by atoms with Gasteiger partial charge in [-0.15, -0.1) is 0 Å². The molecule has 0 spiro atoms. The van der Waals surface area contributed by atoms with E-state index >= 15 is 0 Å². The minimum atomic E-state index is -2.24.